The summed E-state index contributed by atoms with van der Waals surface area (Å²) in [6, 6.07) is 4.32. The average molecular weight is 257 g/mol. The number of hydrogen-bond donors (Lipinski definition) is 1. The van der Waals surface area contributed by atoms with Crippen molar-refractivity contribution in [1.82, 2.24) is 0 Å². The van der Waals surface area contributed by atoms with Gasteiger partial charge in [-0.2, -0.15) is 0 Å². The van der Waals surface area contributed by atoms with Crippen molar-refractivity contribution >= 4 is 17.3 Å². The number of nitro groups is 1. The molecule has 0 saturated carbocycles. The van der Waals surface area contributed by atoms with Gasteiger partial charge in [-0.05, 0) is 24.0 Å². The SMILES string of the molecule is CCCC(C)C(N)c1cc(Cl)cc([N+](=O)[O-])c1. The second kappa shape index (κ2) is 5.98. The lowest BCUT2D eigenvalue weighted by molar-refractivity contribution is -0.384. The fraction of sp³-hybridized carbons (Fsp3) is 0.500. The fourth-order valence-electron chi connectivity index (χ4n) is 1.86. The van der Waals surface area contributed by atoms with E-state index in [9.17, 15) is 10.1 Å². The zero-order valence-electron chi connectivity index (χ0n) is 10.0. The lowest BCUT2D eigenvalue weighted by Gasteiger charge is -2.19. The molecule has 4 nitrogen and oxygen atoms in total. The molecule has 1 aromatic rings. The van der Waals surface area contributed by atoms with Crippen LogP contribution in [0.4, 0.5) is 5.69 Å². The van der Waals surface area contributed by atoms with Gasteiger partial charge < -0.3 is 5.73 Å². The number of rotatable bonds is 5. The van der Waals surface area contributed by atoms with Crippen LogP contribution in [0.15, 0.2) is 18.2 Å². The fourth-order valence-corrected chi connectivity index (χ4v) is 2.10. The average Bonchev–Trinajstić information content (AvgIpc) is 2.27. The van der Waals surface area contributed by atoms with E-state index in [1.807, 2.05) is 6.92 Å². The lowest BCUT2D eigenvalue weighted by Crippen LogP contribution is -2.19. The Bertz CT molecular complexity index is 409. The highest BCUT2D eigenvalue weighted by molar-refractivity contribution is 6.30. The van der Waals surface area contributed by atoms with Crippen LogP contribution in [0.5, 0.6) is 0 Å². The molecular weight excluding hydrogens is 240 g/mol. The quantitative estimate of drug-likeness (QED) is 0.645. The second-order valence-corrected chi connectivity index (χ2v) is 4.73. The predicted octanol–water partition coefficient (Wildman–Crippen LogP) is 3.68. The first kappa shape index (κ1) is 13.9. The van der Waals surface area contributed by atoms with Crippen molar-refractivity contribution in [3.8, 4) is 0 Å². The minimum absolute atomic E-state index is 0.00773. The first-order valence-electron chi connectivity index (χ1n) is 5.66. The summed E-state index contributed by atoms with van der Waals surface area (Å²) in [5.41, 5.74) is 6.80. The van der Waals surface area contributed by atoms with Crippen molar-refractivity contribution in [3.63, 3.8) is 0 Å². The first-order valence-corrected chi connectivity index (χ1v) is 6.04. The van der Waals surface area contributed by atoms with Gasteiger partial charge in [0.25, 0.3) is 5.69 Å². The number of nitrogens with zero attached hydrogens (tertiary/aromatic N) is 1. The molecule has 0 amide bonds. The molecule has 0 saturated heterocycles. The van der Waals surface area contributed by atoms with Crippen LogP contribution in [-0.2, 0) is 0 Å². The van der Waals surface area contributed by atoms with Crippen molar-refractivity contribution in [2.75, 3.05) is 0 Å². The van der Waals surface area contributed by atoms with Crippen LogP contribution in [0.1, 0.15) is 38.3 Å². The van der Waals surface area contributed by atoms with Crippen molar-refractivity contribution in [2.24, 2.45) is 11.7 Å². The van der Waals surface area contributed by atoms with Gasteiger partial charge in [0.2, 0.25) is 0 Å². The molecule has 2 N–H and O–H groups in total. The van der Waals surface area contributed by atoms with Gasteiger partial charge in [-0.3, -0.25) is 10.1 Å². The molecular formula is C12H17ClN2O2. The summed E-state index contributed by atoms with van der Waals surface area (Å²) < 4.78 is 0. The molecule has 0 aromatic heterocycles. The number of hydrogen-bond acceptors (Lipinski definition) is 3. The molecule has 0 aliphatic carbocycles. The van der Waals surface area contributed by atoms with E-state index in [2.05, 4.69) is 6.92 Å². The Morgan fingerprint density at radius 1 is 1.47 bits per heavy atom. The Labute approximate surface area is 106 Å². The summed E-state index contributed by atoms with van der Waals surface area (Å²) >= 11 is 5.86. The third-order valence-corrected chi connectivity index (χ3v) is 3.08. The highest BCUT2D eigenvalue weighted by Crippen LogP contribution is 2.29. The highest BCUT2D eigenvalue weighted by Gasteiger charge is 2.18. The lowest BCUT2D eigenvalue weighted by atomic mass is 9.91. The normalized spacial score (nSPS) is 14.4. The van der Waals surface area contributed by atoms with Crippen LogP contribution in [0.3, 0.4) is 0 Å². The van der Waals surface area contributed by atoms with Gasteiger partial charge in [-0.15, -0.1) is 0 Å². The molecule has 0 radical (unpaired) electrons. The standard InChI is InChI=1S/C12H17ClN2O2/c1-3-4-8(2)12(14)9-5-10(13)7-11(6-9)15(16)17/h5-8,12H,3-4,14H2,1-2H3. The minimum Gasteiger partial charge on any atom is -0.324 e. The summed E-state index contributed by atoms with van der Waals surface area (Å²) in [6.45, 7) is 4.13. The van der Waals surface area contributed by atoms with E-state index in [-0.39, 0.29) is 17.6 Å². The van der Waals surface area contributed by atoms with Gasteiger partial charge in [0.1, 0.15) is 0 Å². The minimum atomic E-state index is -0.452. The van der Waals surface area contributed by atoms with E-state index < -0.39 is 4.92 Å². The summed E-state index contributed by atoms with van der Waals surface area (Å²) in [4.78, 5) is 10.3. The van der Waals surface area contributed by atoms with Crippen LogP contribution >= 0.6 is 11.6 Å². The molecule has 2 unspecified atom stereocenters. The zero-order valence-corrected chi connectivity index (χ0v) is 10.8. The summed E-state index contributed by atoms with van der Waals surface area (Å²) in [6.07, 6.45) is 2.03. The Morgan fingerprint density at radius 2 is 2.12 bits per heavy atom. The van der Waals surface area contributed by atoms with Gasteiger partial charge in [0.05, 0.1) is 4.92 Å². The molecule has 17 heavy (non-hydrogen) atoms. The maximum atomic E-state index is 10.7. The molecule has 2 atom stereocenters. The van der Waals surface area contributed by atoms with Crippen LogP contribution in [0, 0.1) is 16.0 Å². The Balaban J connectivity index is 3.01. The van der Waals surface area contributed by atoms with Gasteiger partial charge >= 0.3 is 0 Å². The largest absolute Gasteiger partial charge is 0.324 e. The van der Waals surface area contributed by atoms with E-state index in [1.54, 1.807) is 6.07 Å². The molecule has 5 heteroatoms. The number of non-ortho nitro benzene ring substituents is 1. The Hall–Kier alpha value is -1.13. The number of halogens is 1. The van der Waals surface area contributed by atoms with Crippen molar-refractivity contribution in [1.29, 1.82) is 0 Å². The summed E-state index contributed by atoms with van der Waals surface area (Å²) in [7, 11) is 0. The van der Waals surface area contributed by atoms with Crippen LogP contribution < -0.4 is 5.73 Å². The molecule has 0 aliphatic heterocycles. The van der Waals surface area contributed by atoms with Gasteiger partial charge in [0, 0.05) is 23.2 Å². The predicted molar refractivity (Wildman–Crippen MR) is 69.1 cm³/mol. The summed E-state index contributed by atoms with van der Waals surface area (Å²) in [5.74, 6) is 0.276. The molecule has 1 rings (SSSR count). The molecule has 0 aliphatic rings. The van der Waals surface area contributed by atoms with Crippen molar-refractivity contribution in [3.05, 3.63) is 38.9 Å². The van der Waals surface area contributed by atoms with Gasteiger partial charge in [-0.25, -0.2) is 0 Å². The van der Waals surface area contributed by atoms with Crippen LogP contribution in [0.25, 0.3) is 0 Å². The third kappa shape index (κ3) is 3.68. The smallest absolute Gasteiger partial charge is 0.271 e. The molecule has 0 bridgehead atoms. The zero-order chi connectivity index (χ0) is 13.0. The molecule has 0 heterocycles. The second-order valence-electron chi connectivity index (χ2n) is 4.29. The third-order valence-electron chi connectivity index (χ3n) is 2.86. The van der Waals surface area contributed by atoms with Crippen LogP contribution in [0.2, 0.25) is 5.02 Å². The van der Waals surface area contributed by atoms with E-state index in [1.165, 1.54) is 12.1 Å². The molecule has 94 valence electrons. The number of nitrogens with two attached hydrogens (primary N) is 1. The van der Waals surface area contributed by atoms with Crippen molar-refractivity contribution in [2.45, 2.75) is 32.7 Å². The van der Waals surface area contributed by atoms with E-state index in [4.69, 9.17) is 17.3 Å². The van der Waals surface area contributed by atoms with Gasteiger partial charge in [0.15, 0.2) is 0 Å². The molecule has 0 fully saturated rings. The van der Waals surface area contributed by atoms with E-state index in [0.717, 1.165) is 18.4 Å². The number of nitro benzene ring substituents is 1. The maximum Gasteiger partial charge on any atom is 0.271 e. The Kier molecular flexibility index (Phi) is 4.90. The number of benzene rings is 1. The Morgan fingerprint density at radius 3 is 2.65 bits per heavy atom. The molecule has 1 aromatic carbocycles. The topological polar surface area (TPSA) is 69.2 Å². The van der Waals surface area contributed by atoms with E-state index in [0.29, 0.717) is 5.02 Å². The monoisotopic (exact) mass is 256 g/mol. The van der Waals surface area contributed by atoms with Gasteiger partial charge in [-0.1, -0.05) is 31.9 Å². The van der Waals surface area contributed by atoms with Crippen molar-refractivity contribution < 1.29 is 4.92 Å². The highest BCUT2D eigenvalue weighted by atomic mass is 35.5. The summed E-state index contributed by atoms with van der Waals surface area (Å²) in [5, 5.41) is 11.1. The maximum absolute atomic E-state index is 10.7. The first-order chi connectivity index (χ1) is 7.95. The molecule has 0 spiro atoms. The van der Waals surface area contributed by atoms with E-state index >= 15 is 0 Å². The van der Waals surface area contributed by atoms with Crippen LogP contribution in [-0.4, -0.2) is 4.92 Å².